The lowest BCUT2D eigenvalue weighted by molar-refractivity contribution is 0.0411. The number of methoxy groups -OCH3 is 1. The number of rotatable bonds is 28. The summed E-state index contributed by atoms with van der Waals surface area (Å²) < 4.78 is 66.0. The molecule has 0 saturated heterocycles. The molecule has 0 bridgehead atoms. The molecule has 0 N–H and O–H groups in total. The minimum atomic E-state index is -2.52. The summed E-state index contributed by atoms with van der Waals surface area (Å²) >= 11 is 0. The van der Waals surface area contributed by atoms with E-state index < -0.39 is 35.0 Å². The van der Waals surface area contributed by atoms with Crippen LogP contribution in [-0.4, -0.2) is 121 Å². The second-order valence-electron chi connectivity index (χ2n) is 10.1. The summed E-state index contributed by atoms with van der Waals surface area (Å²) in [5.41, 5.74) is 0. The lowest BCUT2D eigenvalue weighted by Gasteiger charge is -2.27. The van der Waals surface area contributed by atoms with Crippen LogP contribution in [0.4, 0.5) is 0 Å². The highest BCUT2D eigenvalue weighted by Crippen LogP contribution is 2.18. The average Bonchev–Trinajstić information content (AvgIpc) is 3.00. The van der Waals surface area contributed by atoms with E-state index in [-0.39, 0.29) is 0 Å². The second kappa shape index (κ2) is 37.2. The van der Waals surface area contributed by atoms with Gasteiger partial charge in [-0.15, -0.1) is 0 Å². The molecule has 48 heavy (non-hydrogen) atoms. The summed E-state index contributed by atoms with van der Waals surface area (Å²) in [4.78, 5) is 0. The van der Waals surface area contributed by atoms with Crippen molar-refractivity contribution in [2.24, 2.45) is 0 Å². The smallest absolute Gasteiger partial charge is 0.395 e. The zero-order valence-electron chi connectivity index (χ0n) is 34.2. The van der Waals surface area contributed by atoms with E-state index in [1.54, 1.807) is 7.11 Å². The van der Waals surface area contributed by atoms with E-state index in [0.29, 0.717) is 65.7 Å². The molecule has 0 aromatic heterocycles. The van der Waals surface area contributed by atoms with E-state index in [4.69, 9.17) is 53.4 Å². The molecule has 0 fully saturated rings. The Labute approximate surface area is 301 Å². The number of hydrogen-bond acceptors (Lipinski definition) is 12. The molecule has 0 radical (unpaired) electrons. The molecule has 0 aromatic rings. The van der Waals surface area contributed by atoms with Gasteiger partial charge in [-0.25, -0.2) is 0 Å². The maximum atomic E-state index is 5.65. The molecule has 0 saturated carbocycles. The maximum absolute atomic E-state index is 5.65. The SMILES string of the molecule is CCC[Si](C)(OCC)OCC.CCC[Si](OCC)(OCC)OCC.CCO[Si](C)(OCC)OCC.CCO[Si](COC)(OCC)OCC. The van der Waals surface area contributed by atoms with Gasteiger partial charge in [0.2, 0.25) is 0 Å². The van der Waals surface area contributed by atoms with Gasteiger partial charge in [0.15, 0.2) is 0 Å². The maximum Gasteiger partial charge on any atom is 0.528 e. The topological polar surface area (TPSA) is 111 Å². The van der Waals surface area contributed by atoms with E-state index in [1.165, 1.54) is 0 Å². The van der Waals surface area contributed by atoms with E-state index in [2.05, 4.69) is 20.4 Å². The van der Waals surface area contributed by atoms with Crippen molar-refractivity contribution in [2.45, 2.75) is 128 Å². The summed E-state index contributed by atoms with van der Waals surface area (Å²) in [6, 6.07) is 2.03. The summed E-state index contributed by atoms with van der Waals surface area (Å²) in [7, 11) is -7.19. The molecule has 0 atom stereocenters. The van der Waals surface area contributed by atoms with Crippen LogP contribution in [-0.2, 0) is 53.4 Å². The highest BCUT2D eigenvalue weighted by molar-refractivity contribution is 6.66. The lowest BCUT2D eigenvalue weighted by atomic mass is 10.6. The zero-order chi connectivity index (χ0) is 37.8. The van der Waals surface area contributed by atoms with E-state index in [1.807, 2.05) is 82.7 Å². The van der Waals surface area contributed by atoms with Crippen LogP contribution in [0.3, 0.4) is 0 Å². The Morgan fingerprint density at radius 1 is 0.333 bits per heavy atom. The minimum Gasteiger partial charge on any atom is -0.395 e. The highest BCUT2D eigenvalue weighted by atomic mass is 28.4. The van der Waals surface area contributed by atoms with Gasteiger partial charge in [0.25, 0.3) is 0 Å². The Morgan fingerprint density at radius 2 is 0.604 bits per heavy atom. The van der Waals surface area contributed by atoms with Gasteiger partial charge in [-0.2, -0.15) is 0 Å². The first kappa shape index (κ1) is 55.1. The standard InChI is InChI=1S/C9H22O3Si.C8H20O4Si.C8H20O2Si.C7H18O3Si/c1-5-9-13(10-6-2,11-7-3)12-8-4;1-5-10-13(8-9-4,11-6-2)12-7-3;2*1-5-8-11(4,9-6-2)10-7-3/h5-9H2,1-4H3;5-8H2,1-4H3;5-8H2,1-4H3;5-7H2,1-4H3. The minimum absolute atomic E-state index is 0.419. The van der Waals surface area contributed by atoms with Crippen molar-refractivity contribution < 1.29 is 53.4 Å². The van der Waals surface area contributed by atoms with Crippen LogP contribution in [0.2, 0.25) is 25.2 Å². The summed E-state index contributed by atoms with van der Waals surface area (Å²) in [6.07, 6.45) is 2.62. The van der Waals surface area contributed by atoms with Gasteiger partial charge in [0.1, 0.15) is 6.23 Å². The molecule has 0 spiro atoms. The first-order valence-corrected chi connectivity index (χ1v) is 27.0. The molecule has 0 aliphatic heterocycles. The average molecular weight is 769 g/mol. The van der Waals surface area contributed by atoms with Gasteiger partial charge in [-0.1, -0.05) is 26.7 Å². The highest BCUT2D eigenvalue weighted by Gasteiger charge is 2.41. The van der Waals surface area contributed by atoms with Gasteiger partial charge >= 0.3 is 35.0 Å². The van der Waals surface area contributed by atoms with Crippen molar-refractivity contribution >= 4 is 35.0 Å². The van der Waals surface area contributed by atoms with E-state index in [0.717, 1.165) is 38.1 Å². The summed E-state index contributed by atoms with van der Waals surface area (Å²) in [5.74, 6) is 0. The van der Waals surface area contributed by atoms with Crippen LogP contribution in [0.1, 0.15) is 103 Å². The molecule has 0 amide bonds. The quantitative estimate of drug-likeness (QED) is 0.0723. The Morgan fingerprint density at radius 3 is 0.833 bits per heavy atom. The molecule has 0 aromatic carbocycles. The van der Waals surface area contributed by atoms with Crippen molar-refractivity contribution in [1.29, 1.82) is 0 Å². The van der Waals surface area contributed by atoms with Crippen LogP contribution in [0.5, 0.6) is 0 Å². The van der Waals surface area contributed by atoms with Crippen LogP contribution >= 0.6 is 0 Å². The zero-order valence-corrected chi connectivity index (χ0v) is 38.2. The van der Waals surface area contributed by atoms with Crippen molar-refractivity contribution in [1.82, 2.24) is 0 Å². The summed E-state index contributed by atoms with van der Waals surface area (Å²) in [6.45, 7) is 37.3. The Kier molecular flexibility index (Phi) is 42.7. The van der Waals surface area contributed by atoms with Crippen molar-refractivity contribution in [3.8, 4) is 0 Å². The number of hydrogen-bond donors (Lipinski definition) is 0. The van der Waals surface area contributed by atoms with Gasteiger partial charge in [-0.05, 0) is 88.8 Å². The van der Waals surface area contributed by atoms with Crippen molar-refractivity contribution in [3.05, 3.63) is 0 Å². The predicted molar refractivity (Wildman–Crippen MR) is 205 cm³/mol. The summed E-state index contributed by atoms with van der Waals surface area (Å²) in [5, 5.41) is 0. The van der Waals surface area contributed by atoms with E-state index in [9.17, 15) is 0 Å². The molecule has 0 unspecified atom stereocenters. The fourth-order valence-electron chi connectivity index (χ4n) is 4.56. The third-order valence-electron chi connectivity index (χ3n) is 5.89. The second-order valence-corrected chi connectivity index (χ2v) is 21.2. The third kappa shape index (κ3) is 30.1. The molecule has 0 rings (SSSR count). The van der Waals surface area contributed by atoms with Gasteiger partial charge in [-0.3, -0.25) is 0 Å². The Hall–Kier alpha value is 0.388. The molecule has 16 heteroatoms. The first-order valence-electron chi connectivity index (χ1n) is 18.4. The lowest BCUT2D eigenvalue weighted by Crippen LogP contribution is -2.50. The van der Waals surface area contributed by atoms with Gasteiger partial charge < -0.3 is 53.4 Å². The van der Waals surface area contributed by atoms with Crippen molar-refractivity contribution in [2.75, 3.05) is 86.0 Å². The van der Waals surface area contributed by atoms with Crippen molar-refractivity contribution in [3.63, 3.8) is 0 Å². The first-order chi connectivity index (χ1) is 22.8. The fraction of sp³-hybridized carbons (Fsp3) is 1.00. The molecule has 296 valence electrons. The predicted octanol–water partition coefficient (Wildman–Crippen LogP) is 7.87. The fourth-order valence-corrected chi connectivity index (χ4v) is 13.7. The molecular formula is C32H80O12Si4. The largest absolute Gasteiger partial charge is 0.528 e. The van der Waals surface area contributed by atoms with Gasteiger partial charge in [0.05, 0.1) is 0 Å². The van der Waals surface area contributed by atoms with E-state index >= 15 is 0 Å². The Bertz CT molecular complexity index is 497. The molecule has 0 heterocycles. The van der Waals surface area contributed by atoms with Gasteiger partial charge in [0, 0.05) is 92.4 Å². The Balaban J connectivity index is -0.000000270. The molecule has 0 aliphatic carbocycles. The monoisotopic (exact) mass is 768 g/mol. The third-order valence-corrected chi connectivity index (χ3v) is 17.7. The molecular weight excluding hydrogens is 689 g/mol. The van der Waals surface area contributed by atoms with Crippen LogP contribution < -0.4 is 0 Å². The molecule has 12 nitrogen and oxygen atoms in total. The van der Waals surface area contributed by atoms with Crippen LogP contribution in [0, 0.1) is 0 Å². The molecule has 0 aliphatic rings. The van der Waals surface area contributed by atoms with Crippen LogP contribution in [0.25, 0.3) is 0 Å². The normalized spacial score (nSPS) is 12.0. The van der Waals surface area contributed by atoms with Crippen LogP contribution in [0.15, 0.2) is 0 Å². The number of ether oxygens (including phenoxy) is 1.